The van der Waals surface area contributed by atoms with E-state index in [1.165, 1.54) is 22.3 Å². The van der Waals surface area contributed by atoms with E-state index in [1.54, 1.807) is 17.6 Å². The molecule has 2 aromatic rings. The van der Waals surface area contributed by atoms with Crippen LogP contribution in [0.5, 0.6) is 0 Å². The van der Waals surface area contributed by atoms with Gasteiger partial charge in [0.2, 0.25) is 0 Å². The summed E-state index contributed by atoms with van der Waals surface area (Å²) in [5.74, 6) is 0. The monoisotopic (exact) mass is 544 g/mol. The van der Waals surface area contributed by atoms with Crippen molar-refractivity contribution >= 4 is 6.48 Å². The van der Waals surface area contributed by atoms with Crippen molar-refractivity contribution in [2.24, 2.45) is 0 Å². The molecule has 0 bridgehead atoms. The zero-order chi connectivity index (χ0) is 21.8. The van der Waals surface area contributed by atoms with Crippen LogP contribution in [-0.4, -0.2) is 3.21 Å². The minimum Gasteiger partial charge on any atom is -1.00 e. The predicted molar refractivity (Wildman–Crippen MR) is 130 cm³/mol. The summed E-state index contributed by atoms with van der Waals surface area (Å²) in [6.07, 6.45) is 10.6. The van der Waals surface area contributed by atoms with Gasteiger partial charge in [-0.25, -0.2) is 0 Å². The Morgan fingerprint density at radius 2 is 1.41 bits per heavy atom. The van der Waals surface area contributed by atoms with E-state index in [1.807, 2.05) is 0 Å². The Hall–Kier alpha value is -0.747. The minimum absolute atomic E-state index is 0. The molecule has 0 unspecified atom stereocenters. The molecule has 0 atom stereocenters. The first-order chi connectivity index (χ1) is 14.0. The van der Waals surface area contributed by atoms with Crippen molar-refractivity contribution in [2.75, 3.05) is 0 Å². The van der Waals surface area contributed by atoms with Gasteiger partial charge in [-0.05, 0) is 0 Å². The molecule has 3 heteroatoms. The van der Waals surface area contributed by atoms with Crippen LogP contribution in [-0.2, 0) is 38.5 Å². The third kappa shape index (κ3) is 5.01. The van der Waals surface area contributed by atoms with Crippen LogP contribution in [0.15, 0.2) is 54.6 Å². The average molecular weight is 547 g/mol. The van der Waals surface area contributed by atoms with Gasteiger partial charge in [0.1, 0.15) is 0 Å². The fourth-order valence-corrected chi connectivity index (χ4v) is 13.4. The molecule has 2 aliphatic rings. The summed E-state index contributed by atoms with van der Waals surface area (Å²) in [5.41, 5.74) is 9.54. The van der Waals surface area contributed by atoms with E-state index in [4.69, 9.17) is 0 Å². The standard InChI is InChI=1S/C21H25.C5H5.C3H6.2ClH.Zr/c1-20(2,3)16-7-9-18-14(12-16)11-15-13-17(21(4,5)6)8-10-19(15)18;1-2-4-5-3-1;1-3-2;;;/h7-10,12H,11H2,1-6H3;1-5H;1-2H3;2*1H;/q;;;;;+2/p-2. The fraction of sp³-hybridized carbons (Fsp3) is 0.414. The van der Waals surface area contributed by atoms with E-state index in [2.05, 4.69) is 110 Å². The number of halogens is 2. The van der Waals surface area contributed by atoms with Crippen LogP contribution in [0.1, 0.15) is 77.6 Å². The SMILES string of the molecule is C[C](C)=[Zr+2]([c]1c(C(C)(C)C)ccc2c1Cc1cc(C(C)(C)C)ccc1-2)[CH]1C=CC=C1.[Cl-].[Cl-]. The summed E-state index contributed by atoms with van der Waals surface area (Å²) < 4.78 is 4.12. The molecule has 0 fully saturated rings. The molecule has 2 aromatic carbocycles. The predicted octanol–water partition coefficient (Wildman–Crippen LogP) is 1.23. The van der Waals surface area contributed by atoms with Crippen LogP contribution < -0.4 is 28.1 Å². The van der Waals surface area contributed by atoms with E-state index in [-0.39, 0.29) is 35.6 Å². The molecule has 0 saturated carbocycles. The maximum absolute atomic E-state index is 2.48. The summed E-state index contributed by atoms with van der Waals surface area (Å²) in [6, 6.07) is 12.1. The fourth-order valence-electron chi connectivity index (χ4n) is 5.05. The van der Waals surface area contributed by atoms with Crippen molar-refractivity contribution in [1.29, 1.82) is 0 Å². The smallest absolute Gasteiger partial charge is 1.00 e. The molecule has 0 radical (unpaired) electrons. The Bertz CT molecular complexity index is 1090. The first kappa shape index (κ1) is 27.5. The normalized spacial score (nSPS) is 14.2. The van der Waals surface area contributed by atoms with Gasteiger partial charge in [-0.2, -0.15) is 0 Å². The summed E-state index contributed by atoms with van der Waals surface area (Å²) in [7, 11) is 0. The topological polar surface area (TPSA) is 0 Å². The molecule has 170 valence electrons. The summed E-state index contributed by atoms with van der Waals surface area (Å²) in [6.45, 7) is 18.9. The zero-order valence-corrected chi connectivity index (χ0v) is 24.7. The van der Waals surface area contributed by atoms with E-state index in [9.17, 15) is 0 Å². The number of rotatable bonds is 2. The molecule has 0 saturated heterocycles. The Morgan fingerprint density at radius 3 is 1.94 bits per heavy atom. The van der Waals surface area contributed by atoms with Gasteiger partial charge in [-0.1, -0.05) is 0 Å². The van der Waals surface area contributed by atoms with Crippen molar-refractivity contribution in [3.63, 3.8) is 0 Å². The van der Waals surface area contributed by atoms with Crippen molar-refractivity contribution in [3.05, 3.63) is 76.9 Å². The first-order valence-corrected chi connectivity index (χ1v) is 15.2. The molecule has 2 aliphatic carbocycles. The van der Waals surface area contributed by atoms with Gasteiger partial charge in [0.15, 0.2) is 0 Å². The van der Waals surface area contributed by atoms with E-state index in [0.717, 1.165) is 6.42 Å². The van der Waals surface area contributed by atoms with Gasteiger partial charge in [0, 0.05) is 0 Å². The quantitative estimate of drug-likeness (QED) is 0.454. The second-order valence-corrected chi connectivity index (χ2v) is 18.6. The second-order valence-electron chi connectivity index (χ2n) is 11.3. The molecule has 0 N–H and O–H groups in total. The van der Waals surface area contributed by atoms with Crippen molar-refractivity contribution in [2.45, 2.75) is 76.3 Å². The maximum Gasteiger partial charge on any atom is -1.00 e. The van der Waals surface area contributed by atoms with E-state index >= 15 is 0 Å². The number of benzene rings is 2. The Labute approximate surface area is 215 Å². The van der Waals surface area contributed by atoms with Crippen LogP contribution >= 0.6 is 0 Å². The summed E-state index contributed by atoms with van der Waals surface area (Å²) in [5, 5.41) is 0. The molecule has 32 heavy (non-hydrogen) atoms. The molecule has 0 aromatic heterocycles. The van der Waals surface area contributed by atoms with E-state index < -0.39 is 21.3 Å². The maximum atomic E-state index is 2.48. The van der Waals surface area contributed by atoms with Gasteiger partial charge in [0.25, 0.3) is 0 Å². The molecule has 0 spiro atoms. The number of fused-ring (bicyclic) bond motifs is 3. The molecular weight excluding hydrogens is 510 g/mol. The summed E-state index contributed by atoms with van der Waals surface area (Å²) in [4.78, 5) is 0. The van der Waals surface area contributed by atoms with Crippen LogP contribution in [0.3, 0.4) is 0 Å². The Morgan fingerprint density at radius 1 is 0.812 bits per heavy atom. The molecule has 0 nitrogen and oxygen atoms in total. The molecular formula is C29H36Cl2Zr. The molecule has 0 aliphatic heterocycles. The van der Waals surface area contributed by atoms with Crippen LogP contribution in [0, 0.1) is 0 Å². The Balaban J connectivity index is 0.00000181. The largest absolute Gasteiger partial charge is 1.00 e. The number of hydrogen-bond donors (Lipinski definition) is 0. The zero-order valence-electron chi connectivity index (χ0n) is 20.7. The Kier molecular flexibility index (Phi) is 8.47. The van der Waals surface area contributed by atoms with Gasteiger partial charge in [-0.15, -0.1) is 0 Å². The van der Waals surface area contributed by atoms with Gasteiger partial charge in [0.05, 0.1) is 0 Å². The first-order valence-electron chi connectivity index (χ1n) is 11.3. The van der Waals surface area contributed by atoms with Gasteiger partial charge < -0.3 is 24.8 Å². The molecule has 0 amide bonds. The number of hydrogen-bond acceptors (Lipinski definition) is 0. The van der Waals surface area contributed by atoms with Crippen LogP contribution in [0.4, 0.5) is 0 Å². The number of allylic oxidation sites excluding steroid dienone is 4. The van der Waals surface area contributed by atoms with Crippen molar-refractivity contribution in [1.82, 2.24) is 0 Å². The van der Waals surface area contributed by atoms with Crippen molar-refractivity contribution in [3.8, 4) is 11.1 Å². The second kappa shape index (κ2) is 9.86. The third-order valence-corrected chi connectivity index (χ3v) is 14.6. The average Bonchev–Trinajstić information content (AvgIpc) is 3.27. The third-order valence-electron chi connectivity index (χ3n) is 6.64. The van der Waals surface area contributed by atoms with Gasteiger partial charge >= 0.3 is 192 Å². The molecule has 0 heterocycles. The van der Waals surface area contributed by atoms with E-state index in [0.29, 0.717) is 3.63 Å². The van der Waals surface area contributed by atoms with Crippen molar-refractivity contribution < 1.29 is 46.1 Å². The molecule has 4 rings (SSSR count). The summed E-state index contributed by atoms with van der Waals surface area (Å²) >= 11 is -2.07. The van der Waals surface area contributed by atoms with Crippen LogP contribution in [0.2, 0.25) is 3.63 Å². The minimum atomic E-state index is -2.07. The van der Waals surface area contributed by atoms with Gasteiger partial charge in [-0.3, -0.25) is 0 Å². The van der Waals surface area contributed by atoms with Crippen LogP contribution in [0.25, 0.3) is 11.1 Å².